The molecule has 0 fully saturated rings. The molecule has 1 N–H and O–H groups in total. The van der Waals surface area contributed by atoms with Crippen molar-refractivity contribution in [3.8, 4) is 16.9 Å². The van der Waals surface area contributed by atoms with E-state index in [1.807, 2.05) is 23.7 Å². The van der Waals surface area contributed by atoms with Gasteiger partial charge in [-0.3, -0.25) is 0 Å². The number of hydrogen-bond acceptors (Lipinski definition) is 2. The minimum Gasteiger partial charge on any atom is -0.369 e. The fourth-order valence-corrected chi connectivity index (χ4v) is 3.86. The van der Waals surface area contributed by atoms with Gasteiger partial charge in [-0.05, 0) is 59.7 Å². The Balaban J connectivity index is 1.96. The van der Waals surface area contributed by atoms with Crippen molar-refractivity contribution >= 4 is 40.0 Å². The van der Waals surface area contributed by atoms with Gasteiger partial charge in [-0.1, -0.05) is 35.9 Å². The molecule has 0 aliphatic carbocycles. The third-order valence-corrected chi connectivity index (χ3v) is 5.60. The Morgan fingerprint density at radius 2 is 2.00 bits per heavy atom. The molecule has 0 unspecified atom stereocenters. The number of hydrogen-bond donors (Lipinski definition) is 1. The molecule has 2 aromatic carbocycles. The Hall–Kier alpha value is -1.53. The van der Waals surface area contributed by atoms with Crippen molar-refractivity contribution < 1.29 is 0 Å². The molecule has 0 radical (unpaired) electrons. The molecule has 3 aromatic rings. The van der Waals surface area contributed by atoms with Gasteiger partial charge < -0.3 is 5.32 Å². The van der Waals surface area contributed by atoms with E-state index in [0.717, 1.165) is 40.8 Å². The van der Waals surface area contributed by atoms with E-state index in [1.165, 1.54) is 14.7 Å². The van der Waals surface area contributed by atoms with Gasteiger partial charge >= 0.3 is 0 Å². The van der Waals surface area contributed by atoms with Crippen LogP contribution in [0.1, 0.15) is 11.1 Å². The van der Waals surface area contributed by atoms with Crippen LogP contribution >= 0.6 is 34.2 Å². The maximum absolute atomic E-state index is 6.30. The van der Waals surface area contributed by atoms with Crippen molar-refractivity contribution in [2.75, 3.05) is 11.9 Å². The van der Waals surface area contributed by atoms with Gasteiger partial charge in [0, 0.05) is 26.3 Å². The number of halogens is 2. The van der Waals surface area contributed by atoms with E-state index in [4.69, 9.17) is 16.7 Å². The van der Waals surface area contributed by atoms with Crippen molar-refractivity contribution in [1.82, 2.24) is 9.78 Å². The Morgan fingerprint density at radius 1 is 1.17 bits per heavy atom. The second-order valence-electron chi connectivity index (χ2n) is 5.63. The molecule has 0 saturated heterocycles. The highest BCUT2D eigenvalue weighted by molar-refractivity contribution is 14.1. The number of rotatable bonds is 2. The van der Waals surface area contributed by atoms with Gasteiger partial charge in [-0.25, -0.2) is 4.68 Å². The Morgan fingerprint density at radius 3 is 2.83 bits per heavy atom. The average Bonchev–Trinajstić information content (AvgIpc) is 3.13. The highest BCUT2D eigenvalue weighted by atomic mass is 127. The minimum absolute atomic E-state index is 0.764. The van der Waals surface area contributed by atoms with E-state index < -0.39 is 0 Å². The summed E-state index contributed by atoms with van der Waals surface area (Å²) >= 11 is 8.68. The molecule has 5 heteroatoms. The smallest absolute Gasteiger partial charge is 0.133 e. The normalized spacial score (nSPS) is 13.0. The third-order valence-electron chi connectivity index (χ3n) is 4.25. The summed E-state index contributed by atoms with van der Waals surface area (Å²) in [5, 5.41) is 9.17. The van der Waals surface area contributed by atoms with Crippen LogP contribution in [0, 0.1) is 10.5 Å². The number of aromatic nitrogens is 2. The molecular weight excluding hydrogens is 421 g/mol. The first-order valence-electron chi connectivity index (χ1n) is 7.53. The summed E-state index contributed by atoms with van der Waals surface area (Å²) in [5.74, 6) is 1.09. The predicted octanol–water partition coefficient (Wildman–Crippen LogP) is 5.07. The number of nitrogens with one attached hydrogen (secondary N) is 1. The lowest BCUT2D eigenvalue weighted by Crippen LogP contribution is -2.06. The van der Waals surface area contributed by atoms with Crippen LogP contribution in [0.25, 0.3) is 16.9 Å². The van der Waals surface area contributed by atoms with E-state index in [2.05, 4.69) is 58.2 Å². The minimum atomic E-state index is 0.764. The van der Waals surface area contributed by atoms with Crippen LogP contribution in [-0.2, 0) is 6.42 Å². The summed E-state index contributed by atoms with van der Waals surface area (Å²) in [6.07, 6.45) is 0.995. The maximum atomic E-state index is 6.30. The molecule has 0 amide bonds. The number of nitrogens with zero attached hydrogens (tertiary/aromatic N) is 2. The van der Waals surface area contributed by atoms with Gasteiger partial charge in [-0.15, -0.1) is 0 Å². The first kappa shape index (κ1) is 15.0. The summed E-state index contributed by atoms with van der Waals surface area (Å²) in [5.41, 5.74) is 5.61. The lowest BCUT2D eigenvalue weighted by molar-refractivity contribution is 0.875. The first-order valence-corrected chi connectivity index (χ1v) is 8.98. The van der Waals surface area contributed by atoms with E-state index >= 15 is 0 Å². The largest absolute Gasteiger partial charge is 0.369 e. The summed E-state index contributed by atoms with van der Waals surface area (Å²) in [6, 6.07) is 14.3. The third kappa shape index (κ3) is 2.44. The van der Waals surface area contributed by atoms with Crippen LogP contribution in [0.4, 0.5) is 5.82 Å². The van der Waals surface area contributed by atoms with E-state index in [0.29, 0.717) is 0 Å². The first-order chi connectivity index (χ1) is 11.2. The quantitative estimate of drug-likeness (QED) is 0.569. The monoisotopic (exact) mass is 435 g/mol. The molecule has 0 spiro atoms. The van der Waals surface area contributed by atoms with Crippen LogP contribution in [0.5, 0.6) is 0 Å². The fraction of sp³-hybridized carbons (Fsp3) is 0.167. The summed E-state index contributed by atoms with van der Waals surface area (Å²) < 4.78 is 3.22. The van der Waals surface area contributed by atoms with Gasteiger partial charge in [0.15, 0.2) is 0 Å². The Bertz CT molecular complexity index is 901. The predicted molar refractivity (Wildman–Crippen MR) is 104 cm³/mol. The van der Waals surface area contributed by atoms with Gasteiger partial charge in [0.05, 0.1) is 11.4 Å². The Labute approximate surface area is 153 Å². The van der Waals surface area contributed by atoms with Crippen molar-refractivity contribution in [1.29, 1.82) is 0 Å². The highest BCUT2D eigenvalue weighted by Gasteiger charge is 2.25. The van der Waals surface area contributed by atoms with Gasteiger partial charge in [0.1, 0.15) is 5.82 Å². The molecule has 1 aromatic heterocycles. The number of fused-ring (bicyclic) bond motifs is 1. The molecule has 116 valence electrons. The number of benzene rings is 2. The molecule has 1 aliphatic heterocycles. The molecule has 1 aliphatic rings. The van der Waals surface area contributed by atoms with Crippen molar-refractivity contribution in [3.63, 3.8) is 0 Å². The lowest BCUT2D eigenvalue weighted by Gasteiger charge is -2.10. The van der Waals surface area contributed by atoms with Crippen LogP contribution in [0.2, 0.25) is 5.02 Å². The van der Waals surface area contributed by atoms with E-state index in [-0.39, 0.29) is 0 Å². The zero-order chi connectivity index (χ0) is 16.0. The van der Waals surface area contributed by atoms with Crippen molar-refractivity contribution in [2.45, 2.75) is 13.3 Å². The van der Waals surface area contributed by atoms with E-state index in [9.17, 15) is 0 Å². The van der Waals surface area contributed by atoms with Crippen molar-refractivity contribution in [3.05, 3.63) is 62.2 Å². The summed E-state index contributed by atoms with van der Waals surface area (Å²) in [6.45, 7) is 2.98. The zero-order valence-corrected chi connectivity index (χ0v) is 15.5. The second-order valence-corrected chi connectivity index (χ2v) is 7.20. The van der Waals surface area contributed by atoms with Crippen molar-refractivity contribution in [2.24, 2.45) is 0 Å². The van der Waals surface area contributed by atoms with Gasteiger partial charge in [0.2, 0.25) is 0 Å². The summed E-state index contributed by atoms with van der Waals surface area (Å²) in [4.78, 5) is 0. The zero-order valence-electron chi connectivity index (χ0n) is 12.6. The molecule has 0 atom stereocenters. The molecule has 0 saturated carbocycles. The van der Waals surface area contributed by atoms with Crippen LogP contribution in [0.15, 0.2) is 42.5 Å². The molecular formula is C18H15ClIN3. The van der Waals surface area contributed by atoms with Crippen LogP contribution in [0.3, 0.4) is 0 Å². The number of anilines is 1. The maximum Gasteiger partial charge on any atom is 0.133 e. The van der Waals surface area contributed by atoms with Gasteiger partial charge in [0.25, 0.3) is 0 Å². The molecule has 2 heterocycles. The van der Waals surface area contributed by atoms with Gasteiger partial charge in [-0.2, -0.15) is 5.10 Å². The second kappa shape index (κ2) is 5.83. The average molecular weight is 436 g/mol. The topological polar surface area (TPSA) is 29.9 Å². The Kier molecular flexibility index (Phi) is 3.81. The van der Waals surface area contributed by atoms with E-state index in [1.54, 1.807) is 0 Å². The SMILES string of the molecule is Cc1c(Cl)cccc1-n1nc(-c2ccccc2I)c2c1NCC2. The molecule has 0 bridgehead atoms. The van der Waals surface area contributed by atoms with Crippen LogP contribution < -0.4 is 5.32 Å². The lowest BCUT2D eigenvalue weighted by atomic mass is 10.1. The molecule has 3 nitrogen and oxygen atoms in total. The highest BCUT2D eigenvalue weighted by Crippen LogP contribution is 2.37. The molecule has 4 rings (SSSR count). The van der Waals surface area contributed by atoms with Crippen LogP contribution in [-0.4, -0.2) is 16.3 Å². The standard InChI is InChI=1S/C18H15ClIN3/c1-11-14(19)6-4-8-16(11)23-18-13(9-10-21-18)17(22-23)12-5-2-3-7-15(12)20/h2-8,21H,9-10H2,1H3. The molecule has 23 heavy (non-hydrogen) atoms. The summed E-state index contributed by atoms with van der Waals surface area (Å²) in [7, 11) is 0. The fourth-order valence-electron chi connectivity index (χ4n) is 3.04.